The van der Waals surface area contributed by atoms with Crippen molar-refractivity contribution in [3.05, 3.63) is 0 Å². The molecule has 0 saturated carbocycles. The number of hydrogen-bond donors (Lipinski definition) is 4. The van der Waals surface area contributed by atoms with Crippen LogP contribution in [-0.2, 0) is 4.79 Å². The van der Waals surface area contributed by atoms with Crippen molar-refractivity contribution in [2.24, 2.45) is 0 Å². The lowest BCUT2D eigenvalue weighted by Gasteiger charge is -2.26. The monoisotopic (exact) mass is 164 g/mol. The summed E-state index contributed by atoms with van der Waals surface area (Å²) in [6, 6.07) is 0. The standard InChI is InChI=1S/C6H12O5/c1-4(9)5(10)6(11,2-7)3-8/h5,7-8,10-11H,2-3H2,1H3. The zero-order valence-corrected chi connectivity index (χ0v) is 6.19. The molecular formula is C6H12O5. The maximum absolute atomic E-state index is 10.5. The molecule has 0 radical (unpaired) electrons. The van der Waals surface area contributed by atoms with Crippen molar-refractivity contribution in [1.29, 1.82) is 0 Å². The number of rotatable bonds is 4. The van der Waals surface area contributed by atoms with Gasteiger partial charge in [0.05, 0.1) is 13.2 Å². The largest absolute Gasteiger partial charge is 0.393 e. The minimum atomic E-state index is -2.12. The molecular weight excluding hydrogens is 152 g/mol. The third-order valence-electron chi connectivity index (χ3n) is 1.44. The Morgan fingerprint density at radius 1 is 1.45 bits per heavy atom. The fourth-order valence-electron chi connectivity index (χ4n) is 0.601. The molecule has 4 N–H and O–H groups in total. The van der Waals surface area contributed by atoms with E-state index in [4.69, 9.17) is 20.4 Å². The van der Waals surface area contributed by atoms with E-state index >= 15 is 0 Å². The molecule has 0 aliphatic rings. The van der Waals surface area contributed by atoms with Crippen molar-refractivity contribution in [1.82, 2.24) is 0 Å². The molecule has 0 saturated heterocycles. The highest BCUT2D eigenvalue weighted by atomic mass is 16.4. The SMILES string of the molecule is CC(=O)C(O)C(O)(CO)CO. The molecule has 0 spiro atoms. The van der Waals surface area contributed by atoms with E-state index in [0.29, 0.717) is 0 Å². The number of carbonyl (C=O) groups excluding carboxylic acids is 1. The van der Waals surface area contributed by atoms with Gasteiger partial charge < -0.3 is 20.4 Å². The van der Waals surface area contributed by atoms with Gasteiger partial charge in [0.25, 0.3) is 0 Å². The van der Waals surface area contributed by atoms with Gasteiger partial charge in [-0.2, -0.15) is 0 Å². The lowest BCUT2D eigenvalue weighted by atomic mass is 9.96. The molecule has 0 aliphatic heterocycles. The van der Waals surface area contributed by atoms with Crippen LogP contribution in [0.3, 0.4) is 0 Å². The van der Waals surface area contributed by atoms with Gasteiger partial charge in [0.1, 0.15) is 11.7 Å². The van der Waals surface area contributed by atoms with E-state index in [1.807, 2.05) is 0 Å². The van der Waals surface area contributed by atoms with Gasteiger partial charge in [0.2, 0.25) is 0 Å². The van der Waals surface area contributed by atoms with Crippen LogP contribution in [0.15, 0.2) is 0 Å². The number of hydrogen-bond acceptors (Lipinski definition) is 5. The number of Topliss-reactive ketones (excluding diaryl/α,β-unsaturated/α-hetero) is 1. The molecule has 0 bridgehead atoms. The van der Waals surface area contributed by atoms with Gasteiger partial charge >= 0.3 is 0 Å². The number of ketones is 1. The molecule has 0 aromatic heterocycles. The lowest BCUT2D eigenvalue weighted by Crippen LogP contribution is -2.52. The first-order valence-corrected chi connectivity index (χ1v) is 3.10. The molecule has 1 atom stereocenters. The highest BCUT2D eigenvalue weighted by Crippen LogP contribution is 2.09. The van der Waals surface area contributed by atoms with Crippen molar-refractivity contribution in [2.75, 3.05) is 13.2 Å². The second-order valence-electron chi connectivity index (χ2n) is 2.43. The first-order chi connectivity index (χ1) is 4.98. The van der Waals surface area contributed by atoms with E-state index in [0.717, 1.165) is 6.92 Å². The fourth-order valence-corrected chi connectivity index (χ4v) is 0.601. The van der Waals surface area contributed by atoms with Crippen LogP contribution >= 0.6 is 0 Å². The van der Waals surface area contributed by atoms with Crippen LogP contribution in [0, 0.1) is 0 Å². The summed E-state index contributed by atoms with van der Waals surface area (Å²) in [6.45, 7) is -0.657. The number of aliphatic hydroxyl groups excluding tert-OH is 3. The molecule has 0 fully saturated rings. The Hall–Kier alpha value is -0.490. The van der Waals surface area contributed by atoms with E-state index in [1.54, 1.807) is 0 Å². The van der Waals surface area contributed by atoms with E-state index in [1.165, 1.54) is 0 Å². The predicted octanol–water partition coefficient (Wildman–Crippen LogP) is -2.35. The van der Waals surface area contributed by atoms with Crippen LogP contribution in [0.4, 0.5) is 0 Å². The van der Waals surface area contributed by atoms with Gasteiger partial charge in [-0.15, -0.1) is 0 Å². The molecule has 0 amide bonds. The van der Waals surface area contributed by atoms with E-state index in [2.05, 4.69) is 0 Å². The molecule has 66 valence electrons. The first-order valence-electron chi connectivity index (χ1n) is 3.10. The van der Waals surface area contributed by atoms with Crippen molar-refractivity contribution in [2.45, 2.75) is 18.6 Å². The van der Waals surface area contributed by atoms with Gasteiger partial charge in [-0.05, 0) is 6.92 Å². The molecule has 0 rings (SSSR count). The molecule has 0 aromatic rings. The highest BCUT2D eigenvalue weighted by molar-refractivity contribution is 5.81. The van der Waals surface area contributed by atoms with Gasteiger partial charge in [0.15, 0.2) is 5.78 Å². The third-order valence-corrected chi connectivity index (χ3v) is 1.44. The highest BCUT2D eigenvalue weighted by Gasteiger charge is 2.37. The third kappa shape index (κ3) is 2.23. The maximum atomic E-state index is 10.5. The summed E-state index contributed by atoms with van der Waals surface area (Å²) in [5.41, 5.74) is -2.12. The Morgan fingerprint density at radius 3 is 1.91 bits per heavy atom. The van der Waals surface area contributed by atoms with Crippen molar-refractivity contribution >= 4 is 5.78 Å². The van der Waals surface area contributed by atoms with Crippen LogP contribution in [0.25, 0.3) is 0 Å². The average Bonchev–Trinajstić information content (AvgIpc) is 2.01. The summed E-state index contributed by atoms with van der Waals surface area (Å²) in [5.74, 6) is -0.699. The predicted molar refractivity (Wildman–Crippen MR) is 35.8 cm³/mol. The molecule has 0 aromatic carbocycles. The van der Waals surface area contributed by atoms with E-state index < -0.39 is 30.7 Å². The normalized spacial score (nSPS) is 14.6. The van der Waals surface area contributed by atoms with Gasteiger partial charge in [-0.1, -0.05) is 0 Å². The zero-order chi connectivity index (χ0) is 9.07. The average molecular weight is 164 g/mol. The molecule has 11 heavy (non-hydrogen) atoms. The molecule has 0 heterocycles. The molecule has 0 aliphatic carbocycles. The summed E-state index contributed by atoms with van der Waals surface area (Å²) in [5, 5.41) is 35.0. The van der Waals surface area contributed by atoms with Crippen LogP contribution in [0.1, 0.15) is 6.92 Å². The molecule has 1 unspecified atom stereocenters. The van der Waals surface area contributed by atoms with Gasteiger partial charge in [-0.3, -0.25) is 4.79 Å². The van der Waals surface area contributed by atoms with Gasteiger partial charge in [0, 0.05) is 0 Å². The Kier molecular flexibility index (Phi) is 3.61. The van der Waals surface area contributed by atoms with Gasteiger partial charge in [-0.25, -0.2) is 0 Å². The Labute approximate surface area is 63.9 Å². The number of carbonyl (C=O) groups is 1. The first kappa shape index (κ1) is 10.5. The minimum Gasteiger partial charge on any atom is -0.393 e. The Balaban J connectivity index is 4.36. The summed E-state index contributed by atoms with van der Waals surface area (Å²) >= 11 is 0. The minimum absolute atomic E-state index is 0.699. The lowest BCUT2D eigenvalue weighted by molar-refractivity contribution is -0.156. The van der Waals surface area contributed by atoms with E-state index in [-0.39, 0.29) is 0 Å². The maximum Gasteiger partial charge on any atom is 0.161 e. The van der Waals surface area contributed by atoms with Crippen LogP contribution in [-0.4, -0.2) is 51.1 Å². The van der Waals surface area contributed by atoms with Crippen LogP contribution < -0.4 is 0 Å². The molecule has 5 nitrogen and oxygen atoms in total. The van der Waals surface area contributed by atoms with Crippen molar-refractivity contribution < 1.29 is 25.2 Å². The summed E-state index contributed by atoms with van der Waals surface area (Å²) < 4.78 is 0. The second-order valence-corrected chi connectivity index (χ2v) is 2.43. The Bertz CT molecular complexity index is 140. The number of aliphatic hydroxyl groups is 4. The van der Waals surface area contributed by atoms with Crippen molar-refractivity contribution in [3.8, 4) is 0 Å². The quantitative estimate of drug-likeness (QED) is 0.373. The topological polar surface area (TPSA) is 98.0 Å². The zero-order valence-electron chi connectivity index (χ0n) is 6.19. The van der Waals surface area contributed by atoms with Crippen molar-refractivity contribution in [3.63, 3.8) is 0 Å². The van der Waals surface area contributed by atoms with Crippen LogP contribution in [0.2, 0.25) is 0 Å². The smallest absolute Gasteiger partial charge is 0.161 e. The van der Waals surface area contributed by atoms with E-state index in [9.17, 15) is 4.79 Å². The summed E-state index contributed by atoms with van der Waals surface area (Å²) in [7, 11) is 0. The van der Waals surface area contributed by atoms with Crippen LogP contribution in [0.5, 0.6) is 0 Å². The Morgan fingerprint density at radius 2 is 1.82 bits per heavy atom. The summed E-state index contributed by atoms with van der Waals surface area (Å²) in [6.07, 6.45) is -1.74. The fraction of sp³-hybridized carbons (Fsp3) is 0.833. The second kappa shape index (κ2) is 3.77. The summed E-state index contributed by atoms with van der Waals surface area (Å²) in [4.78, 5) is 10.5. The molecule has 5 heteroatoms.